The minimum Gasteiger partial charge on any atom is -0.342 e. The van der Waals surface area contributed by atoms with Gasteiger partial charge < -0.3 is 15.1 Å². The standard InChI is InChI=1S/C16H31N3O2/c1-6-13(4)15-16(21)19(11-14(20)17-15)10-8-7-9-18(5)12(2)3/h12-13,15H,6-11H2,1-5H3,(H,17,20). The molecule has 2 atom stereocenters. The van der Waals surface area contributed by atoms with Crippen molar-refractivity contribution in [1.82, 2.24) is 15.1 Å². The van der Waals surface area contributed by atoms with E-state index in [1.807, 2.05) is 13.8 Å². The van der Waals surface area contributed by atoms with Crippen LogP contribution in [0.3, 0.4) is 0 Å². The van der Waals surface area contributed by atoms with Crippen molar-refractivity contribution in [2.45, 2.75) is 59.0 Å². The zero-order valence-electron chi connectivity index (χ0n) is 14.2. The third kappa shape index (κ3) is 5.30. The van der Waals surface area contributed by atoms with Gasteiger partial charge in [0.15, 0.2) is 0 Å². The molecule has 0 aromatic carbocycles. The molecule has 0 radical (unpaired) electrons. The Hall–Kier alpha value is -1.10. The Labute approximate surface area is 129 Å². The first-order valence-electron chi connectivity index (χ1n) is 8.15. The Morgan fingerprint density at radius 2 is 1.95 bits per heavy atom. The largest absolute Gasteiger partial charge is 0.342 e. The maximum absolute atomic E-state index is 12.4. The van der Waals surface area contributed by atoms with Crippen LogP contribution in [0, 0.1) is 5.92 Å². The summed E-state index contributed by atoms with van der Waals surface area (Å²) in [5.41, 5.74) is 0. The second-order valence-corrected chi connectivity index (χ2v) is 6.47. The number of carbonyl (C=O) groups is 2. The lowest BCUT2D eigenvalue weighted by Gasteiger charge is -2.35. The molecular weight excluding hydrogens is 266 g/mol. The Bertz CT molecular complexity index is 357. The number of hydrogen-bond acceptors (Lipinski definition) is 3. The van der Waals surface area contributed by atoms with Gasteiger partial charge in [0.1, 0.15) is 6.04 Å². The number of carbonyl (C=O) groups excluding carboxylic acids is 2. The molecule has 0 bridgehead atoms. The monoisotopic (exact) mass is 297 g/mol. The van der Waals surface area contributed by atoms with E-state index in [4.69, 9.17) is 0 Å². The van der Waals surface area contributed by atoms with E-state index in [0.717, 1.165) is 25.8 Å². The fraction of sp³-hybridized carbons (Fsp3) is 0.875. The smallest absolute Gasteiger partial charge is 0.245 e. The lowest BCUT2D eigenvalue weighted by Crippen LogP contribution is -2.60. The van der Waals surface area contributed by atoms with Gasteiger partial charge in [0.2, 0.25) is 11.8 Å². The summed E-state index contributed by atoms with van der Waals surface area (Å²) in [6, 6.07) is 0.205. The summed E-state index contributed by atoms with van der Waals surface area (Å²) in [7, 11) is 2.11. The van der Waals surface area contributed by atoms with Gasteiger partial charge in [-0.3, -0.25) is 9.59 Å². The van der Waals surface area contributed by atoms with Crippen molar-refractivity contribution >= 4 is 11.8 Å². The molecule has 2 amide bonds. The Morgan fingerprint density at radius 1 is 1.29 bits per heavy atom. The maximum atomic E-state index is 12.4. The molecule has 0 saturated carbocycles. The first kappa shape index (κ1) is 18.0. The van der Waals surface area contributed by atoms with Crippen molar-refractivity contribution in [3.05, 3.63) is 0 Å². The Morgan fingerprint density at radius 3 is 2.52 bits per heavy atom. The molecule has 1 saturated heterocycles. The number of nitrogens with zero attached hydrogens (tertiary/aromatic N) is 2. The number of piperazine rings is 1. The highest BCUT2D eigenvalue weighted by molar-refractivity contribution is 5.94. The molecule has 2 unspecified atom stereocenters. The lowest BCUT2D eigenvalue weighted by molar-refractivity contribution is -0.145. The van der Waals surface area contributed by atoms with Gasteiger partial charge in [0.05, 0.1) is 6.54 Å². The normalized spacial score (nSPS) is 21.1. The van der Waals surface area contributed by atoms with Gasteiger partial charge in [0.25, 0.3) is 0 Å². The second kappa shape index (κ2) is 8.37. The average molecular weight is 297 g/mol. The van der Waals surface area contributed by atoms with Crippen LogP contribution in [0.5, 0.6) is 0 Å². The maximum Gasteiger partial charge on any atom is 0.245 e. The molecule has 1 aliphatic rings. The molecule has 1 fully saturated rings. The molecule has 5 heteroatoms. The van der Waals surface area contributed by atoms with E-state index in [9.17, 15) is 9.59 Å². The predicted octanol–water partition coefficient (Wildman–Crippen LogP) is 1.48. The van der Waals surface area contributed by atoms with Crippen LogP contribution in [0.2, 0.25) is 0 Å². The third-order valence-electron chi connectivity index (χ3n) is 4.51. The molecular formula is C16H31N3O2. The van der Waals surface area contributed by atoms with Gasteiger partial charge in [0, 0.05) is 12.6 Å². The number of unbranched alkanes of at least 4 members (excludes halogenated alkanes) is 1. The fourth-order valence-electron chi connectivity index (χ4n) is 2.46. The van der Waals surface area contributed by atoms with Crippen molar-refractivity contribution in [3.8, 4) is 0 Å². The fourth-order valence-corrected chi connectivity index (χ4v) is 2.46. The third-order valence-corrected chi connectivity index (χ3v) is 4.51. The second-order valence-electron chi connectivity index (χ2n) is 6.47. The Balaban J connectivity index is 2.43. The van der Waals surface area contributed by atoms with Crippen molar-refractivity contribution < 1.29 is 9.59 Å². The molecule has 122 valence electrons. The highest BCUT2D eigenvalue weighted by atomic mass is 16.2. The van der Waals surface area contributed by atoms with Crippen molar-refractivity contribution in [1.29, 1.82) is 0 Å². The van der Waals surface area contributed by atoms with Crippen LogP contribution in [0.1, 0.15) is 47.0 Å². The van der Waals surface area contributed by atoms with E-state index in [0.29, 0.717) is 12.6 Å². The molecule has 5 nitrogen and oxygen atoms in total. The lowest BCUT2D eigenvalue weighted by atomic mass is 9.96. The van der Waals surface area contributed by atoms with Gasteiger partial charge in [-0.15, -0.1) is 0 Å². The SMILES string of the molecule is CCC(C)C1NC(=O)CN(CCCCN(C)C(C)C)C1=O. The minimum atomic E-state index is -0.338. The number of amides is 2. The summed E-state index contributed by atoms with van der Waals surface area (Å²) < 4.78 is 0. The van der Waals surface area contributed by atoms with Gasteiger partial charge in [-0.05, 0) is 46.2 Å². The molecule has 1 heterocycles. The summed E-state index contributed by atoms with van der Waals surface area (Å²) in [5.74, 6) is 0.247. The molecule has 1 N–H and O–H groups in total. The summed E-state index contributed by atoms with van der Waals surface area (Å²) in [6.45, 7) is 10.3. The summed E-state index contributed by atoms with van der Waals surface area (Å²) >= 11 is 0. The van der Waals surface area contributed by atoms with E-state index in [-0.39, 0.29) is 30.3 Å². The average Bonchev–Trinajstić information content (AvgIpc) is 2.45. The first-order chi connectivity index (χ1) is 9.86. The van der Waals surface area contributed by atoms with Gasteiger partial charge >= 0.3 is 0 Å². The van der Waals surface area contributed by atoms with Gasteiger partial charge in [-0.25, -0.2) is 0 Å². The molecule has 0 aliphatic carbocycles. The molecule has 0 aromatic rings. The van der Waals surface area contributed by atoms with E-state index in [1.54, 1.807) is 4.90 Å². The quantitative estimate of drug-likeness (QED) is 0.691. The number of rotatable bonds is 8. The van der Waals surface area contributed by atoms with Crippen LogP contribution in [0.15, 0.2) is 0 Å². The van der Waals surface area contributed by atoms with Crippen LogP contribution < -0.4 is 5.32 Å². The topological polar surface area (TPSA) is 52.7 Å². The van der Waals surface area contributed by atoms with E-state index < -0.39 is 0 Å². The predicted molar refractivity (Wildman–Crippen MR) is 85.0 cm³/mol. The molecule has 1 aliphatic heterocycles. The highest BCUT2D eigenvalue weighted by Gasteiger charge is 2.34. The highest BCUT2D eigenvalue weighted by Crippen LogP contribution is 2.14. The summed E-state index contributed by atoms with van der Waals surface area (Å²) in [5, 5.41) is 2.83. The van der Waals surface area contributed by atoms with Crippen LogP contribution >= 0.6 is 0 Å². The van der Waals surface area contributed by atoms with Crippen molar-refractivity contribution in [2.75, 3.05) is 26.7 Å². The van der Waals surface area contributed by atoms with Crippen LogP contribution in [0.25, 0.3) is 0 Å². The minimum absolute atomic E-state index is 0.0285. The molecule has 1 rings (SSSR count). The summed E-state index contributed by atoms with van der Waals surface area (Å²) in [6.07, 6.45) is 2.89. The molecule has 0 aromatic heterocycles. The van der Waals surface area contributed by atoms with Crippen LogP contribution in [0.4, 0.5) is 0 Å². The van der Waals surface area contributed by atoms with Gasteiger partial charge in [-0.1, -0.05) is 20.3 Å². The first-order valence-corrected chi connectivity index (χ1v) is 8.15. The zero-order valence-corrected chi connectivity index (χ0v) is 14.2. The molecule has 0 spiro atoms. The number of hydrogen-bond donors (Lipinski definition) is 1. The number of nitrogens with one attached hydrogen (secondary N) is 1. The van der Waals surface area contributed by atoms with Crippen molar-refractivity contribution in [2.24, 2.45) is 5.92 Å². The summed E-state index contributed by atoms with van der Waals surface area (Å²) in [4.78, 5) is 28.2. The van der Waals surface area contributed by atoms with E-state index in [1.165, 1.54) is 0 Å². The Kier molecular flexibility index (Phi) is 7.15. The molecule has 21 heavy (non-hydrogen) atoms. The van der Waals surface area contributed by atoms with Gasteiger partial charge in [-0.2, -0.15) is 0 Å². The van der Waals surface area contributed by atoms with E-state index >= 15 is 0 Å². The van der Waals surface area contributed by atoms with Crippen LogP contribution in [-0.4, -0.2) is 60.4 Å². The van der Waals surface area contributed by atoms with E-state index in [2.05, 4.69) is 31.1 Å². The van der Waals surface area contributed by atoms with Crippen molar-refractivity contribution in [3.63, 3.8) is 0 Å². The van der Waals surface area contributed by atoms with Crippen LogP contribution in [-0.2, 0) is 9.59 Å². The zero-order chi connectivity index (χ0) is 16.0.